The first-order valence-corrected chi connectivity index (χ1v) is 11.2. The molecule has 4 rings (SSSR count). The van der Waals surface area contributed by atoms with E-state index in [4.69, 9.17) is 9.47 Å². The monoisotopic (exact) mass is 387 g/mol. The molecule has 2 saturated heterocycles. The fourth-order valence-electron chi connectivity index (χ4n) is 5.84. The SMILES string of the molecule is CC1(C[Se][C@H]2[C@H]3CC[C@](C)(C3(C)C)C23CNC(=O)O3)CCCO1. The van der Waals surface area contributed by atoms with Gasteiger partial charge in [-0.25, -0.2) is 0 Å². The quantitative estimate of drug-likeness (QED) is 0.757. The average molecular weight is 386 g/mol. The Morgan fingerprint density at radius 2 is 2.04 bits per heavy atom. The molecule has 2 aliphatic heterocycles. The van der Waals surface area contributed by atoms with Crippen molar-refractivity contribution in [2.45, 2.75) is 74.7 Å². The van der Waals surface area contributed by atoms with E-state index < -0.39 is 0 Å². The number of nitrogens with one attached hydrogen (secondary N) is 1. The molecule has 0 aromatic heterocycles. The molecular formula is C18H29NO3Se. The van der Waals surface area contributed by atoms with Crippen LogP contribution in [0.2, 0.25) is 10.1 Å². The topological polar surface area (TPSA) is 47.6 Å². The van der Waals surface area contributed by atoms with E-state index in [0.717, 1.165) is 11.9 Å². The maximum absolute atomic E-state index is 12.0. The van der Waals surface area contributed by atoms with Crippen molar-refractivity contribution in [3.05, 3.63) is 0 Å². The summed E-state index contributed by atoms with van der Waals surface area (Å²) in [7, 11) is 0. The maximum atomic E-state index is 12.0. The van der Waals surface area contributed by atoms with Crippen LogP contribution in [-0.4, -0.2) is 45.4 Å². The van der Waals surface area contributed by atoms with Crippen LogP contribution in [0.3, 0.4) is 0 Å². The predicted molar refractivity (Wildman–Crippen MR) is 89.7 cm³/mol. The van der Waals surface area contributed by atoms with E-state index in [0.29, 0.717) is 32.2 Å². The molecule has 23 heavy (non-hydrogen) atoms. The van der Waals surface area contributed by atoms with E-state index in [1.165, 1.54) is 25.7 Å². The molecule has 2 aliphatic carbocycles. The van der Waals surface area contributed by atoms with Crippen molar-refractivity contribution in [2.75, 3.05) is 13.2 Å². The molecule has 2 bridgehead atoms. The van der Waals surface area contributed by atoms with Crippen molar-refractivity contribution in [2.24, 2.45) is 16.7 Å². The number of hydrogen-bond acceptors (Lipinski definition) is 3. The Kier molecular flexibility index (Phi) is 3.45. The third kappa shape index (κ3) is 1.96. The number of rotatable bonds is 3. The molecule has 5 heteroatoms. The molecule has 4 nitrogen and oxygen atoms in total. The van der Waals surface area contributed by atoms with Crippen LogP contribution in [0.4, 0.5) is 4.79 Å². The summed E-state index contributed by atoms with van der Waals surface area (Å²) in [5.74, 6) is 0.671. The zero-order chi connectivity index (χ0) is 16.5. The first-order valence-electron chi connectivity index (χ1n) is 8.97. The van der Waals surface area contributed by atoms with Gasteiger partial charge in [-0.15, -0.1) is 0 Å². The average Bonchev–Trinajstić information content (AvgIpc) is 3.16. The van der Waals surface area contributed by atoms with E-state index >= 15 is 0 Å². The Labute approximate surface area is 145 Å². The van der Waals surface area contributed by atoms with Gasteiger partial charge in [0.25, 0.3) is 0 Å². The Morgan fingerprint density at radius 1 is 1.26 bits per heavy atom. The van der Waals surface area contributed by atoms with Crippen LogP contribution in [0.5, 0.6) is 0 Å². The molecule has 4 fully saturated rings. The van der Waals surface area contributed by atoms with E-state index in [-0.39, 0.29) is 28.1 Å². The fraction of sp³-hybridized carbons (Fsp3) is 0.944. The van der Waals surface area contributed by atoms with Crippen molar-refractivity contribution in [3.63, 3.8) is 0 Å². The molecule has 0 radical (unpaired) electrons. The second kappa shape index (κ2) is 4.89. The Balaban J connectivity index is 1.63. The third-order valence-electron chi connectivity index (χ3n) is 7.70. The summed E-state index contributed by atoms with van der Waals surface area (Å²) in [6, 6.07) is 0. The molecule has 1 N–H and O–H groups in total. The molecule has 1 spiro atoms. The van der Waals surface area contributed by atoms with E-state index in [2.05, 4.69) is 33.0 Å². The summed E-state index contributed by atoms with van der Waals surface area (Å²) in [6.07, 6.45) is 4.62. The third-order valence-corrected chi connectivity index (χ3v) is 11.6. The number of ether oxygens (including phenoxy) is 2. The number of fused-ring (bicyclic) bond motifs is 3. The Bertz CT molecular complexity index is 530. The van der Waals surface area contributed by atoms with Gasteiger partial charge in [0.15, 0.2) is 0 Å². The summed E-state index contributed by atoms with van der Waals surface area (Å²) >= 11 is 0.436. The van der Waals surface area contributed by atoms with Crippen LogP contribution in [0.15, 0.2) is 0 Å². The first-order chi connectivity index (χ1) is 10.7. The number of carbonyl (C=O) groups excluding carboxylic acids is 1. The van der Waals surface area contributed by atoms with Gasteiger partial charge >= 0.3 is 145 Å². The molecule has 4 aliphatic rings. The molecule has 0 aromatic rings. The summed E-state index contributed by atoms with van der Waals surface area (Å²) in [6.45, 7) is 11.1. The zero-order valence-corrected chi connectivity index (χ0v) is 16.5. The van der Waals surface area contributed by atoms with Crippen molar-refractivity contribution in [1.29, 1.82) is 0 Å². The summed E-state index contributed by atoms with van der Waals surface area (Å²) in [5.41, 5.74) is 0.104. The molecule has 2 unspecified atom stereocenters. The first kappa shape index (κ1) is 16.2. The Hall–Kier alpha value is -0.251. The van der Waals surface area contributed by atoms with Crippen LogP contribution < -0.4 is 5.32 Å². The van der Waals surface area contributed by atoms with E-state index in [1.807, 2.05) is 0 Å². The van der Waals surface area contributed by atoms with Crippen LogP contribution in [0.25, 0.3) is 0 Å². The Morgan fingerprint density at radius 3 is 2.65 bits per heavy atom. The van der Waals surface area contributed by atoms with Gasteiger partial charge in [0.1, 0.15) is 0 Å². The minimum atomic E-state index is -0.286. The summed E-state index contributed by atoms with van der Waals surface area (Å²) < 4.78 is 12.1. The second-order valence-corrected chi connectivity index (χ2v) is 11.3. The van der Waals surface area contributed by atoms with Crippen molar-refractivity contribution in [3.8, 4) is 0 Å². The number of carbonyl (C=O) groups is 1. The molecule has 5 atom stereocenters. The minimum absolute atomic E-state index is 0.0596. The van der Waals surface area contributed by atoms with Crippen LogP contribution in [0, 0.1) is 16.7 Å². The van der Waals surface area contributed by atoms with Gasteiger partial charge in [0, 0.05) is 0 Å². The van der Waals surface area contributed by atoms with Gasteiger partial charge in [0.05, 0.1) is 0 Å². The molecule has 0 aromatic carbocycles. The standard InChI is InChI=1S/C18H29NO3Se/c1-15(2)12-6-8-17(15,4)18(10-19-14(20)22-18)13(12)23-11-16(3)7-5-9-21-16/h12-13H,5-11H2,1-4H3,(H,19,20)/t12-,13+,16?,17-,18?/m1/s1. The molecular weight excluding hydrogens is 357 g/mol. The fourth-order valence-corrected chi connectivity index (χ4v) is 10.3. The van der Waals surface area contributed by atoms with Gasteiger partial charge in [0.2, 0.25) is 0 Å². The van der Waals surface area contributed by atoms with Crippen molar-refractivity contribution in [1.82, 2.24) is 5.32 Å². The van der Waals surface area contributed by atoms with Crippen molar-refractivity contribution < 1.29 is 14.3 Å². The van der Waals surface area contributed by atoms with Crippen LogP contribution in [0.1, 0.15) is 53.4 Å². The number of hydrogen-bond donors (Lipinski definition) is 1. The van der Waals surface area contributed by atoms with Crippen LogP contribution >= 0.6 is 0 Å². The van der Waals surface area contributed by atoms with Crippen molar-refractivity contribution >= 4 is 21.1 Å². The van der Waals surface area contributed by atoms with Crippen LogP contribution in [-0.2, 0) is 9.47 Å². The second-order valence-electron chi connectivity index (χ2n) is 8.97. The zero-order valence-electron chi connectivity index (χ0n) is 14.7. The van der Waals surface area contributed by atoms with Gasteiger partial charge in [-0.2, -0.15) is 0 Å². The molecule has 130 valence electrons. The summed E-state index contributed by atoms with van der Waals surface area (Å²) in [4.78, 5) is 12.5. The van der Waals surface area contributed by atoms with E-state index in [9.17, 15) is 4.79 Å². The normalized spacial score (nSPS) is 50.5. The van der Waals surface area contributed by atoms with Gasteiger partial charge in [-0.3, -0.25) is 0 Å². The number of amides is 1. The molecule has 2 saturated carbocycles. The van der Waals surface area contributed by atoms with Gasteiger partial charge in [-0.1, -0.05) is 0 Å². The molecule has 2 heterocycles. The van der Waals surface area contributed by atoms with E-state index in [1.54, 1.807) is 0 Å². The van der Waals surface area contributed by atoms with Gasteiger partial charge < -0.3 is 0 Å². The molecule has 1 amide bonds. The predicted octanol–water partition coefficient (Wildman–Crippen LogP) is 3.40. The summed E-state index contributed by atoms with van der Waals surface area (Å²) in [5, 5.41) is 4.13. The van der Waals surface area contributed by atoms with Gasteiger partial charge in [-0.05, 0) is 0 Å². The number of alkyl carbamates (subject to hydrolysis) is 1.